The highest BCUT2D eigenvalue weighted by Gasteiger charge is 2.32. The van der Waals surface area contributed by atoms with Gasteiger partial charge in [0.25, 0.3) is 0 Å². The molecule has 0 aromatic carbocycles. The van der Waals surface area contributed by atoms with Crippen LogP contribution in [0.1, 0.15) is 25.8 Å². The zero-order valence-electron chi connectivity index (χ0n) is 10.7. The first kappa shape index (κ1) is 14.5. The molecule has 98 valence electrons. The van der Waals surface area contributed by atoms with Gasteiger partial charge in [-0.3, -0.25) is 9.58 Å². The first-order valence-corrected chi connectivity index (χ1v) is 6.09. The summed E-state index contributed by atoms with van der Waals surface area (Å²) >= 11 is 0. The van der Waals surface area contributed by atoms with Crippen molar-refractivity contribution >= 4 is 12.4 Å². The van der Waals surface area contributed by atoms with Crippen molar-refractivity contribution in [1.29, 1.82) is 0 Å². The summed E-state index contributed by atoms with van der Waals surface area (Å²) in [6.45, 7) is 9.40. The zero-order valence-corrected chi connectivity index (χ0v) is 11.5. The van der Waals surface area contributed by atoms with Crippen LogP contribution in [0.4, 0.5) is 0 Å². The maximum absolute atomic E-state index is 5.81. The van der Waals surface area contributed by atoms with Crippen molar-refractivity contribution in [3.63, 3.8) is 0 Å². The largest absolute Gasteiger partial charge is 0.330 e. The van der Waals surface area contributed by atoms with E-state index in [0.29, 0.717) is 5.41 Å². The molecule has 2 heterocycles. The number of hydrogen-bond donors (Lipinski definition) is 1. The molecule has 1 saturated heterocycles. The molecule has 0 bridgehead atoms. The first-order valence-electron chi connectivity index (χ1n) is 6.09. The molecule has 1 fully saturated rings. The summed E-state index contributed by atoms with van der Waals surface area (Å²) in [5, 5.41) is 4.30. The van der Waals surface area contributed by atoms with E-state index in [0.717, 1.165) is 32.7 Å². The van der Waals surface area contributed by atoms with Crippen LogP contribution in [-0.4, -0.2) is 34.3 Å². The van der Waals surface area contributed by atoms with E-state index < -0.39 is 0 Å². The van der Waals surface area contributed by atoms with Crippen LogP contribution in [0.25, 0.3) is 0 Å². The predicted molar refractivity (Wildman–Crippen MR) is 72.2 cm³/mol. The van der Waals surface area contributed by atoms with Crippen molar-refractivity contribution < 1.29 is 0 Å². The van der Waals surface area contributed by atoms with Crippen LogP contribution in [0, 0.1) is 5.41 Å². The molecule has 0 saturated carbocycles. The van der Waals surface area contributed by atoms with Gasteiger partial charge in [0.05, 0.1) is 6.20 Å². The van der Waals surface area contributed by atoms with Crippen LogP contribution < -0.4 is 5.73 Å². The Labute approximate surface area is 110 Å². The summed E-state index contributed by atoms with van der Waals surface area (Å²) < 4.78 is 1.98. The Morgan fingerprint density at radius 1 is 1.53 bits per heavy atom. The van der Waals surface area contributed by atoms with Crippen molar-refractivity contribution in [1.82, 2.24) is 14.7 Å². The highest BCUT2D eigenvalue weighted by atomic mass is 35.5. The SMILES string of the molecule is CCn1cc(CN2CCC(C)(CN)C2)cn1.Cl. The minimum Gasteiger partial charge on any atom is -0.330 e. The Morgan fingerprint density at radius 2 is 2.29 bits per heavy atom. The quantitative estimate of drug-likeness (QED) is 0.890. The van der Waals surface area contributed by atoms with Gasteiger partial charge in [-0.25, -0.2) is 0 Å². The summed E-state index contributed by atoms with van der Waals surface area (Å²) in [7, 11) is 0. The number of nitrogens with two attached hydrogens (primary N) is 1. The second-order valence-corrected chi connectivity index (χ2v) is 5.18. The number of hydrogen-bond acceptors (Lipinski definition) is 3. The maximum Gasteiger partial charge on any atom is 0.0534 e. The molecule has 1 aromatic heterocycles. The molecule has 1 atom stereocenters. The summed E-state index contributed by atoms with van der Waals surface area (Å²) in [5.41, 5.74) is 7.43. The Kier molecular flexibility index (Phi) is 4.98. The van der Waals surface area contributed by atoms with Crippen LogP contribution in [-0.2, 0) is 13.1 Å². The van der Waals surface area contributed by atoms with Gasteiger partial charge < -0.3 is 5.73 Å². The maximum atomic E-state index is 5.81. The standard InChI is InChI=1S/C12H22N4.ClH/c1-3-16-8-11(6-14-16)7-15-5-4-12(2,9-13)10-15;/h6,8H,3-5,7,9-10,13H2,1-2H3;1H. The van der Waals surface area contributed by atoms with E-state index in [4.69, 9.17) is 5.73 Å². The molecule has 0 radical (unpaired) electrons. The molecule has 4 nitrogen and oxygen atoms in total. The average Bonchev–Trinajstić information content (AvgIpc) is 2.87. The van der Waals surface area contributed by atoms with Crippen molar-refractivity contribution in [2.24, 2.45) is 11.1 Å². The highest BCUT2D eigenvalue weighted by molar-refractivity contribution is 5.85. The number of halogens is 1. The predicted octanol–water partition coefficient (Wildman–Crippen LogP) is 1.50. The molecule has 1 aromatic rings. The van der Waals surface area contributed by atoms with Gasteiger partial charge in [0.2, 0.25) is 0 Å². The third kappa shape index (κ3) is 3.44. The third-order valence-corrected chi connectivity index (χ3v) is 3.55. The lowest BCUT2D eigenvalue weighted by molar-refractivity contribution is 0.274. The zero-order chi connectivity index (χ0) is 11.6. The van der Waals surface area contributed by atoms with Gasteiger partial charge in [-0.2, -0.15) is 5.10 Å². The minimum atomic E-state index is 0. The van der Waals surface area contributed by atoms with Gasteiger partial charge in [-0.1, -0.05) is 6.92 Å². The van der Waals surface area contributed by atoms with Crippen molar-refractivity contribution in [2.45, 2.75) is 33.4 Å². The van der Waals surface area contributed by atoms with Crippen molar-refractivity contribution in [3.8, 4) is 0 Å². The molecule has 2 rings (SSSR count). The average molecular weight is 259 g/mol. The van der Waals surface area contributed by atoms with E-state index >= 15 is 0 Å². The van der Waals surface area contributed by atoms with E-state index in [1.807, 2.05) is 10.9 Å². The number of aromatic nitrogens is 2. The molecule has 1 aliphatic rings. The summed E-state index contributed by atoms with van der Waals surface area (Å²) in [6.07, 6.45) is 5.32. The Morgan fingerprint density at radius 3 is 2.82 bits per heavy atom. The van der Waals surface area contributed by atoms with E-state index in [2.05, 4.69) is 30.0 Å². The van der Waals surface area contributed by atoms with E-state index in [9.17, 15) is 0 Å². The van der Waals surface area contributed by atoms with Gasteiger partial charge in [0.15, 0.2) is 0 Å². The third-order valence-electron chi connectivity index (χ3n) is 3.55. The lowest BCUT2D eigenvalue weighted by Crippen LogP contribution is -2.31. The fourth-order valence-electron chi connectivity index (χ4n) is 2.35. The topological polar surface area (TPSA) is 47.1 Å². The molecule has 0 spiro atoms. The van der Waals surface area contributed by atoms with E-state index in [1.165, 1.54) is 12.0 Å². The Bertz CT molecular complexity index is 352. The van der Waals surface area contributed by atoms with Crippen LogP contribution >= 0.6 is 12.4 Å². The second-order valence-electron chi connectivity index (χ2n) is 5.18. The van der Waals surface area contributed by atoms with Crippen molar-refractivity contribution in [2.75, 3.05) is 19.6 Å². The smallest absolute Gasteiger partial charge is 0.0534 e. The van der Waals surface area contributed by atoms with Crippen molar-refractivity contribution in [3.05, 3.63) is 18.0 Å². The molecular weight excluding hydrogens is 236 g/mol. The molecule has 1 aliphatic heterocycles. The highest BCUT2D eigenvalue weighted by Crippen LogP contribution is 2.29. The van der Waals surface area contributed by atoms with Gasteiger partial charge in [0.1, 0.15) is 0 Å². The molecular formula is C12H23ClN4. The lowest BCUT2D eigenvalue weighted by atomic mass is 9.90. The molecule has 0 amide bonds. The number of nitrogens with zero attached hydrogens (tertiary/aromatic N) is 3. The summed E-state index contributed by atoms with van der Waals surface area (Å²) in [6, 6.07) is 0. The summed E-state index contributed by atoms with van der Waals surface area (Å²) in [4.78, 5) is 2.48. The number of aryl methyl sites for hydroxylation is 1. The van der Waals surface area contributed by atoms with Crippen LogP contribution in [0.5, 0.6) is 0 Å². The molecule has 5 heteroatoms. The molecule has 2 N–H and O–H groups in total. The number of likely N-dealkylation sites (tertiary alicyclic amines) is 1. The second kappa shape index (κ2) is 5.85. The first-order chi connectivity index (χ1) is 7.65. The Balaban J connectivity index is 0.00000144. The molecule has 0 aliphatic carbocycles. The van der Waals surface area contributed by atoms with Crippen LogP contribution in [0.15, 0.2) is 12.4 Å². The fourth-order valence-corrected chi connectivity index (χ4v) is 2.35. The fraction of sp³-hybridized carbons (Fsp3) is 0.750. The van der Waals surface area contributed by atoms with Crippen LogP contribution in [0.2, 0.25) is 0 Å². The minimum absolute atomic E-state index is 0. The monoisotopic (exact) mass is 258 g/mol. The van der Waals surface area contributed by atoms with Gasteiger partial charge >= 0.3 is 0 Å². The van der Waals surface area contributed by atoms with Gasteiger partial charge in [-0.15, -0.1) is 12.4 Å². The molecule has 17 heavy (non-hydrogen) atoms. The lowest BCUT2D eigenvalue weighted by Gasteiger charge is -2.22. The van der Waals surface area contributed by atoms with E-state index in [1.54, 1.807) is 0 Å². The molecule has 1 unspecified atom stereocenters. The van der Waals surface area contributed by atoms with Gasteiger partial charge in [-0.05, 0) is 31.8 Å². The Hall–Kier alpha value is -0.580. The van der Waals surface area contributed by atoms with Gasteiger partial charge in [0, 0.05) is 31.4 Å². The normalized spacial score (nSPS) is 24.9. The number of rotatable bonds is 4. The van der Waals surface area contributed by atoms with E-state index in [-0.39, 0.29) is 12.4 Å². The summed E-state index contributed by atoms with van der Waals surface area (Å²) in [5.74, 6) is 0. The van der Waals surface area contributed by atoms with Crippen LogP contribution in [0.3, 0.4) is 0 Å².